The Hall–Kier alpha value is -1.33. The molecule has 2 heteroatoms. The summed E-state index contributed by atoms with van der Waals surface area (Å²) in [6.45, 7) is 4.03. The molecule has 84 valence electrons. The minimum Gasteiger partial charge on any atom is -0.295 e. The summed E-state index contributed by atoms with van der Waals surface area (Å²) < 4.78 is 0. The molecule has 1 aliphatic rings. The highest BCUT2D eigenvalue weighted by Gasteiger charge is 2.28. The Kier molecular flexibility index (Phi) is 3.58. The highest BCUT2D eigenvalue weighted by molar-refractivity contribution is 5.22. The molecule has 1 aliphatic carbocycles. The molecule has 1 aromatic carbocycles. The molecule has 1 aromatic rings. The maximum atomic E-state index is 8.65. The molecular weight excluding hydrogens is 196 g/mol. The molecule has 16 heavy (non-hydrogen) atoms. The van der Waals surface area contributed by atoms with E-state index in [1.807, 2.05) is 0 Å². The first-order valence-corrected chi connectivity index (χ1v) is 5.96. The molecule has 0 amide bonds. The fourth-order valence-corrected chi connectivity index (χ4v) is 2.07. The number of hydrogen-bond donors (Lipinski definition) is 0. The van der Waals surface area contributed by atoms with Gasteiger partial charge in [0.1, 0.15) is 0 Å². The molecule has 0 radical (unpaired) electrons. The number of nitrogens with zero attached hydrogens (tertiary/aromatic N) is 2. The molecule has 0 heterocycles. The second-order valence-corrected chi connectivity index (χ2v) is 4.60. The van der Waals surface area contributed by atoms with Crippen molar-refractivity contribution in [3.05, 3.63) is 35.4 Å². The third kappa shape index (κ3) is 3.08. The van der Waals surface area contributed by atoms with E-state index in [2.05, 4.69) is 42.2 Å². The second kappa shape index (κ2) is 5.14. The minimum absolute atomic E-state index is 0.641. The van der Waals surface area contributed by atoms with Gasteiger partial charge in [-0.3, -0.25) is 4.90 Å². The first kappa shape index (κ1) is 11.2. The van der Waals surface area contributed by atoms with Crippen LogP contribution in [0.25, 0.3) is 0 Å². The van der Waals surface area contributed by atoms with E-state index >= 15 is 0 Å². The molecule has 0 saturated heterocycles. The molecule has 0 aliphatic heterocycles. The van der Waals surface area contributed by atoms with Crippen LogP contribution in [0, 0.1) is 18.3 Å². The Bertz CT molecular complexity index is 388. The summed E-state index contributed by atoms with van der Waals surface area (Å²) in [5, 5.41) is 8.65. The molecule has 0 spiro atoms. The van der Waals surface area contributed by atoms with Crippen LogP contribution in [0.4, 0.5) is 0 Å². The Morgan fingerprint density at radius 1 is 1.44 bits per heavy atom. The fourth-order valence-electron chi connectivity index (χ4n) is 2.07. The first-order chi connectivity index (χ1) is 7.79. The van der Waals surface area contributed by atoms with Crippen LogP contribution < -0.4 is 0 Å². The van der Waals surface area contributed by atoms with E-state index in [4.69, 9.17) is 5.26 Å². The maximum Gasteiger partial charge on any atom is 0.0635 e. The van der Waals surface area contributed by atoms with Gasteiger partial charge in [-0.05, 0) is 25.3 Å². The third-order valence-corrected chi connectivity index (χ3v) is 3.04. The van der Waals surface area contributed by atoms with Crippen LogP contribution >= 0.6 is 0 Å². The standard InChI is InChI=1S/C14H18N2/c1-12-4-2-5-13(10-12)11-16(9-3-8-15)14-6-7-14/h2,4-5,10,14H,3,6-7,9,11H2,1H3. The normalized spacial score (nSPS) is 15.1. The van der Waals surface area contributed by atoms with Crippen molar-refractivity contribution in [1.82, 2.24) is 4.90 Å². The van der Waals surface area contributed by atoms with Crippen LogP contribution in [0.3, 0.4) is 0 Å². The molecule has 2 nitrogen and oxygen atoms in total. The van der Waals surface area contributed by atoms with Gasteiger partial charge < -0.3 is 0 Å². The van der Waals surface area contributed by atoms with Crippen molar-refractivity contribution in [2.75, 3.05) is 6.54 Å². The Labute approximate surface area is 97.5 Å². The largest absolute Gasteiger partial charge is 0.295 e. The average molecular weight is 214 g/mol. The van der Waals surface area contributed by atoms with Gasteiger partial charge in [0, 0.05) is 25.6 Å². The summed E-state index contributed by atoms with van der Waals surface area (Å²) in [4.78, 5) is 2.44. The lowest BCUT2D eigenvalue weighted by Gasteiger charge is -2.20. The average Bonchev–Trinajstić information content (AvgIpc) is 3.08. The van der Waals surface area contributed by atoms with Crippen LogP contribution in [0.2, 0.25) is 0 Å². The molecule has 0 unspecified atom stereocenters. The second-order valence-electron chi connectivity index (χ2n) is 4.60. The van der Waals surface area contributed by atoms with Gasteiger partial charge in [-0.25, -0.2) is 0 Å². The van der Waals surface area contributed by atoms with Gasteiger partial charge in [0.2, 0.25) is 0 Å². The van der Waals surface area contributed by atoms with Gasteiger partial charge in [-0.2, -0.15) is 5.26 Å². The number of aryl methyl sites for hydroxylation is 1. The lowest BCUT2D eigenvalue weighted by atomic mass is 10.1. The summed E-state index contributed by atoms with van der Waals surface area (Å²) in [5.41, 5.74) is 2.68. The Morgan fingerprint density at radius 2 is 2.25 bits per heavy atom. The van der Waals surface area contributed by atoms with E-state index in [9.17, 15) is 0 Å². The molecule has 2 rings (SSSR count). The predicted molar refractivity (Wildman–Crippen MR) is 64.8 cm³/mol. The van der Waals surface area contributed by atoms with E-state index < -0.39 is 0 Å². The van der Waals surface area contributed by atoms with E-state index in [0.717, 1.165) is 19.1 Å². The SMILES string of the molecule is Cc1cccc(CN(CCC#N)C2CC2)c1. The maximum absolute atomic E-state index is 8.65. The molecule has 0 N–H and O–H groups in total. The van der Waals surface area contributed by atoms with Crippen LogP contribution in [0.15, 0.2) is 24.3 Å². The number of nitriles is 1. The van der Waals surface area contributed by atoms with Crippen molar-refractivity contribution in [2.24, 2.45) is 0 Å². The molecule has 1 saturated carbocycles. The predicted octanol–water partition coefficient (Wildman–Crippen LogP) is 2.87. The summed E-state index contributed by atoms with van der Waals surface area (Å²) in [6, 6.07) is 11.6. The van der Waals surface area contributed by atoms with Crippen LogP contribution in [-0.4, -0.2) is 17.5 Å². The number of benzene rings is 1. The lowest BCUT2D eigenvalue weighted by Crippen LogP contribution is -2.26. The van der Waals surface area contributed by atoms with Crippen molar-refractivity contribution in [3.8, 4) is 6.07 Å². The molecule has 0 bridgehead atoms. The highest BCUT2D eigenvalue weighted by atomic mass is 15.2. The van der Waals surface area contributed by atoms with Gasteiger partial charge >= 0.3 is 0 Å². The third-order valence-electron chi connectivity index (χ3n) is 3.04. The van der Waals surface area contributed by atoms with E-state index in [1.54, 1.807) is 0 Å². The summed E-state index contributed by atoms with van der Waals surface area (Å²) in [7, 11) is 0. The Morgan fingerprint density at radius 3 is 2.88 bits per heavy atom. The first-order valence-electron chi connectivity index (χ1n) is 5.96. The zero-order valence-electron chi connectivity index (χ0n) is 9.82. The van der Waals surface area contributed by atoms with Crippen molar-refractivity contribution >= 4 is 0 Å². The molecule has 1 fully saturated rings. The van der Waals surface area contributed by atoms with Crippen LogP contribution in [0.1, 0.15) is 30.4 Å². The number of hydrogen-bond acceptors (Lipinski definition) is 2. The van der Waals surface area contributed by atoms with Crippen molar-refractivity contribution in [2.45, 2.75) is 38.8 Å². The van der Waals surface area contributed by atoms with Crippen molar-refractivity contribution in [1.29, 1.82) is 5.26 Å². The van der Waals surface area contributed by atoms with Gasteiger partial charge in [0.25, 0.3) is 0 Å². The Balaban J connectivity index is 1.97. The van der Waals surface area contributed by atoms with Gasteiger partial charge in [-0.1, -0.05) is 29.8 Å². The van der Waals surface area contributed by atoms with Gasteiger partial charge in [0.15, 0.2) is 0 Å². The van der Waals surface area contributed by atoms with E-state index in [1.165, 1.54) is 24.0 Å². The topological polar surface area (TPSA) is 27.0 Å². The summed E-state index contributed by atoms with van der Waals surface area (Å²) in [6.07, 6.45) is 3.25. The van der Waals surface area contributed by atoms with Gasteiger partial charge in [0.05, 0.1) is 6.07 Å². The minimum atomic E-state index is 0.641. The highest BCUT2D eigenvalue weighted by Crippen LogP contribution is 2.28. The van der Waals surface area contributed by atoms with Crippen molar-refractivity contribution < 1.29 is 0 Å². The zero-order valence-corrected chi connectivity index (χ0v) is 9.82. The van der Waals surface area contributed by atoms with Gasteiger partial charge in [-0.15, -0.1) is 0 Å². The molecule has 0 atom stereocenters. The smallest absolute Gasteiger partial charge is 0.0635 e. The molecule has 0 aromatic heterocycles. The zero-order chi connectivity index (χ0) is 11.4. The fraction of sp³-hybridized carbons (Fsp3) is 0.500. The number of rotatable bonds is 5. The van der Waals surface area contributed by atoms with Crippen molar-refractivity contribution in [3.63, 3.8) is 0 Å². The summed E-state index contributed by atoms with van der Waals surface area (Å²) in [5.74, 6) is 0. The van der Waals surface area contributed by atoms with E-state index in [0.29, 0.717) is 6.42 Å². The van der Waals surface area contributed by atoms with Crippen LogP contribution in [-0.2, 0) is 6.54 Å². The van der Waals surface area contributed by atoms with Crippen LogP contribution in [0.5, 0.6) is 0 Å². The monoisotopic (exact) mass is 214 g/mol. The lowest BCUT2D eigenvalue weighted by molar-refractivity contribution is 0.261. The molecular formula is C14H18N2. The quantitative estimate of drug-likeness (QED) is 0.753. The van der Waals surface area contributed by atoms with E-state index in [-0.39, 0.29) is 0 Å². The summed E-state index contributed by atoms with van der Waals surface area (Å²) >= 11 is 0.